The molecule has 1 unspecified atom stereocenters. The third-order valence-electron chi connectivity index (χ3n) is 3.74. The molecular weight excluding hydrogens is 298 g/mol. The molecule has 3 heterocycles. The Morgan fingerprint density at radius 3 is 2.78 bits per heavy atom. The van der Waals surface area contributed by atoms with Gasteiger partial charge in [0.25, 0.3) is 5.91 Å². The van der Waals surface area contributed by atoms with E-state index in [1.54, 1.807) is 24.2 Å². The van der Waals surface area contributed by atoms with E-state index in [0.29, 0.717) is 31.2 Å². The smallest absolute Gasteiger partial charge is 0.276 e. The Bertz CT molecular complexity index is 700. The van der Waals surface area contributed by atoms with Gasteiger partial charge in [-0.3, -0.25) is 9.78 Å². The summed E-state index contributed by atoms with van der Waals surface area (Å²) < 4.78 is 10.9. The number of hydrogen-bond acceptors (Lipinski definition) is 7. The quantitative estimate of drug-likeness (QED) is 0.836. The Morgan fingerprint density at radius 2 is 2.09 bits per heavy atom. The first-order chi connectivity index (χ1) is 11.1. The molecule has 1 atom stereocenters. The fourth-order valence-corrected chi connectivity index (χ4v) is 2.57. The number of rotatable bonds is 3. The van der Waals surface area contributed by atoms with Crippen molar-refractivity contribution in [3.63, 3.8) is 0 Å². The van der Waals surface area contributed by atoms with Crippen LogP contribution in [0.3, 0.4) is 0 Å². The van der Waals surface area contributed by atoms with Gasteiger partial charge in [0.1, 0.15) is 17.6 Å². The summed E-state index contributed by atoms with van der Waals surface area (Å²) in [6.07, 6.45) is 4.25. The Labute approximate surface area is 134 Å². The zero-order valence-electron chi connectivity index (χ0n) is 13.4. The van der Waals surface area contributed by atoms with Gasteiger partial charge >= 0.3 is 0 Å². The molecule has 8 nitrogen and oxygen atoms in total. The van der Waals surface area contributed by atoms with Crippen molar-refractivity contribution >= 4 is 11.7 Å². The second-order valence-corrected chi connectivity index (χ2v) is 5.53. The molecule has 1 fully saturated rings. The van der Waals surface area contributed by atoms with Crippen molar-refractivity contribution in [2.75, 3.05) is 38.7 Å². The molecule has 2 aromatic heterocycles. The van der Waals surface area contributed by atoms with Gasteiger partial charge in [-0.05, 0) is 6.92 Å². The number of amides is 1. The molecule has 0 aliphatic carbocycles. The molecule has 0 aromatic carbocycles. The first-order valence-corrected chi connectivity index (χ1v) is 7.37. The van der Waals surface area contributed by atoms with Crippen molar-refractivity contribution in [1.82, 2.24) is 19.9 Å². The molecule has 1 amide bonds. The van der Waals surface area contributed by atoms with Crippen molar-refractivity contribution < 1.29 is 13.9 Å². The van der Waals surface area contributed by atoms with Crippen LogP contribution >= 0.6 is 0 Å². The predicted molar refractivity (Wildman–Crippen MR) is 82.2 cm³/mol. The second-order valence-electron chi connectivity index (χ2n) is 5.53. The molecule has 0 N–H and O–H groups in total. The first kappa shape index (κ1) is 15.4. The molecule has 23 heavy (non-hydrogen) atoms. The van der Waals surface area contributed by atoms with Crippen LogP contribution in [0.2, 0.25) is 0 Å². The summed E-state index contributed by atoms with van der Waals surface area (Å²) >= 11 is 0. The van der Waals surface area contributed by atoms with Crippen molar-refractivity contribution in [3.05, 3.63) is 35.9 Å². The summed E-state index contributed by atoms with van der Waals surface area (Å²) in [4.78, 5) is 28.9. The molecule has 3 rings (SSSR count). The number of nitrogens with zero attached hydrogens (tertiary/aromatic N) is 5. The topological polar surface area (TPSA) is 84.6 Å². The molecule has 122 valence electrons. The number of oxazole rings is 1. The lowest BCUT2D eigenvalue weighted by Crippen LogP contribution is -2.43. The highest BCUT2D eigenvalue weighted by molar-refractivity contribution is 5.93. The third-order valence-corrected chi connectivity index (χ3v) is 3.74. The molecule has 0 spiro atoms. The van der Waals surface area contributed by atoms with Crippen LogP contribution in [0.25, 0.3) is 0 Å². The summed E-state index contributed by atoms with van der Waals surface area (Å²) in [7, 11) is 3.80. The van der Waals surface area contributed by atoms with Gasteiger partial charge in [0, 0.05) is 33.0 Å². The number of aryl methyl sites for hydroxylation is 1. The van der Waals surface area contributed by atoms with Crippen LogP contribution in [-0.4, -0.2) is 59.6 Å². The lowest BCUT2D eigenvalue weighted by Gasteiger charge is -2.33. The number of aromatic nitrogens is 3. The van der Waals surface area contributed by atoms with E-state index in [4.69, 9.17) is 9.15 Å². The van der Waals surface area contributed by atoms with E-state index >= 15 is 0 Å². The van der Waals surface area contributed by atoms with E-state index in [2.05, 4.69) is 15.0 Å². The van der Waals surface area contributed by atoms with Gasteiger partial charge in [0.15, 0.2) is 17.9 Å². The third kappa shape index (κ3) is 3.02. The minimum atomic E-state index is -0.314. The maximum atomic E-state index is 12.6. The maximum absolute atomic E-state index is 12.6. The molecule has 1 aliphatic heterocycles. The number of ether oxygens (including phenoxy) is 1. The molecule has 0 radical (unpaired) electrons. The van der Waals surface area contributed by atoms with E-state index in [1.165, 1.54) is 6.39 Å². The second kappa shape index (κ2) is 6.33. The van der Waals surface area contributed by atoms with Crippen molar-refractivity contribution in [3.8, 4) is 0 Å². The molecule has 0 bridgehead atoms. The van der Waals surface area contributed by atoms with E-state index in [-0.39, 0.29) is 12.0 Å². The van der Waals surface area contributed by atoms with Crippen molar-refractivity contribution in [1.29, 1.82) is 0 Å². The average molecular weight is 317 g/mol. The zero-order valence-corrected chi connectivity index (χ0v) is 13.4. The zero-order chi connectivity index (χ0) is 16.4. The van der Waals surface area contributed by atoms with Gasteiger partial charge in [-0.25, -0.2) is 9.97 Å². The molecule has 1 saturated heterocycles. The summed E-state index contributed by atoms with van der Waals surface area (Å²) in [5.41, 5.74) is 1.07. The Hall–Kier alpha value is -2.48. The highest BCUT2D eigenvalue weighted by Gasteiger charge is 2.31. The van der Waals surface area contributed by atoms with Crippen molar-refractivity contribution in [2.24, 2.45) is 0 Å². The molecule has 2 aromatic rings. The highest BCUT2D eigenvalue weighted by Crippen LogP contribution is 2.27. The van der Waals surface area contributed by atoms with E-state index in [1.807, 2.05) is 19.0 Å². The lowest BCUT2D eigenvalue weighted by molar-refractivity contribution is -0.0248. The minimum Gasteiger partial charge on any atom is -0.448 e. The number of hydrogen-bond donors (Lipinski definition) is 0. The van der Waals surface area contributed by atoms with Crippen LogP contribution in [0, 0.1) is 6.92 Å². The van der Waals surface area contributed by atoms with Gasteiger partial charge in [0.2, 0.25) is 0 Å². The number of morpholine rings is 1. The molecule has 8 heteroatoms. The van der Waals surface area contributed by atoms with Gasteiger partial charge in [-0.1, -0.05) is 0 Å². The minimum absolute atomic E-state index is 0.153. The predicted octanol–water partition coefficient (Wildman–Crippen LogP) is 1.05. The monoisotopic (exact) mass is 317 g/mol. The first-order valence-electron chi connectivity index (χ1n) is 7.37. The summed E-state index contributed by atoms with van der Waals surface area (Å²) in [5.74, 6) is 1.11. The average Bonchev–Trinajstić information content (AvgIpc) is 3.00. The number of anilines is 1. The van der Waals surface area contributed by atoms with Gasteiger partial charge in [-0.2, -0.15) is 0 Å². The number of carbonyl (C=O) groups excluding carboxylic acids is 1. The number of carbonyl (C=O) groups is 1. The van der Waals surface area contributed by atoms with E-state index < -0.39 is 0 Å². The van der Waals surface area contributed by atoms with Gasteiger partial charge in [0.05, 0.1) is 13.2 Å². The van der Waals surface area contributed by atoms with Gasteiger partial charge < -0.3 is 19.0 Å². The fourth-order valence-electron chi connectivity index (χ4n) is 2.57. The van der Waals surface area contributed by atoms with E-state index in [0.717, 1.165) is 11.5 Å². The fraction of sp³-hybridized carbons (Fsp3) is 0.467. The Morgan fingerprint density at radius 1 is 1.30 bits per heavy atom. The Balaban J connectivity index is 1.82. The van der Waals surface area contributed by atoms with Crippen LogP contribution in [0.5, 0.6) is 0 Å². The molecule has 0 saturated carbocycles. The highest BCUT2D eigenvalue weighted by atomic mass is 16.5. The summed E-state index contributed by atoms with van der Waals surface area (Å²) in [6, 6.07) is 0. The van der Waals surface area contributed by atoms with Crippen LogP contribution in [0.1, 0.15) is 28.0 Å². The molecular formula is C15H19N5O3. The summed E-state index contributed by atoms with van der Waals surface area (Å²) in [6.45, 7) is 3.09. The van der Waals surface area contributed by atoms with E-state index in [9.17, 15) is 4.79 Å². The standard InChI is InChI=1S/C15H19N5O3/c1-10-12(18-9-23-10)15(21)20-6-7-22-11(8-20)13-14(19(2)3)17-5-4-16-13/h4-5,9,11H,6-8H2,1-3H3. The maximum Gasteiger partial charge on any atom is 0.276 e. The normalized spacial score (nSPS) is 18.0. The molecule has 1 aliphatic rings. The summed E-state index contributed by atoms with van der Waals surface area (Å²) in [5, 5.41) is 0. The lowest BCUT2D eigenvalue weighted by atomic mass is 10.1. The largest absolute Gasteiger partial charge is 0.448 e. The van der Waals surface area contributed by atoms with Gasteiger partial charge in [-0.15, -0.1) is 0 Å². The van der Waals surface area contributed by atoms with Crippen LogP contribution in [0.4, 0.5) is 5.82 Å². The van der Waals surface area contributed by atoms with Crippen LogP contribution in [0.15, 0.2) is 23.2 Å². The van der Waals surface area contributed by atoms with Crippen LogP contribution < -0.4 is 4.90 Å². The SMILES string of the molecule is Cc1ocnc1C(=O)N1CCOC(c2nccnc2N(C)C)C1. The Kier molecular flexibility index (Phi) is 4.24. The van der Waals surface area contributed by atoms with Crippen LogP contribution in [-0.2, 0) is 4.74 Å². The van der Waals surface area contributed by atoms with Crippen molar-refractivity contribution in [2.45, 2.75) is 13.0 Å².